The molecule has 0 spiro atoms. The summed E-state index contributed by atoms with van der Waals surface area (Å²) in [5, 5.41) is 2.17. The molecule has 5 nitrogen and oxygen atoms in total. The molecule has 0 amide bonds. The van der Waals surface area contributed by atoms with Crippen LogP contribution in [0.15, 0.2) is 83.4 Å². The summed E-state index contributed by atoms with van der Waals surface area (Å²) in [5.74, 6) is 8.88. The monoisotopic (exact) mass is 875 g/mol. The molecule has 0 aliphatic rings. The van der Waals surface area contributed by atoms with Gasteiger partial charge >= 0.3 is 126 Å². The third-order valence-electron chi connectivity index (χ3n) is 8.46. The summed E-state index contributed by atoms with van der Waals surface area (Å²) < 4.78 is 10.1. The number of fused-ring (bicyclic) bond motifs is 4. The maximum atomic E-state index is 6.31. The van der Waals surface area contributed by atoms with Crippen molar-refractivity contribution in [1.82, 2.24) is 19.5 Å². The molecular formula is C41H44GeIrN4O-2. The summed E-state index contributed by atoms with van der Waals surface area (Å²) in [4.78, 5) is 14.2. The fourth-order valence-electron chi connectivity index (χ4n) is 6.44. The van der Waals surface area contributed by atoms with Crippen LogP contribution >= 0.6 is 0 Å². The molecule has 7 heteroatoms. The molecule has 249 valence electrons. The topological polar surface area (TPSA) is 56.7 Å². The Balaban J connectivity index is 0.000000193. The minimum absolute atomic E-state index is 0. The molecule has 1 radical (unpaired) electrons. The van der Waals surface area contributed by atoms with Gasteiger partial charge in [-0.2, -0.15) is 0 Å². The predicted octanol–water partition coefficient (Wildman–Crippen LogP) is 10.3. The van der Waals surface area contributed by atoms with E-state index in [0.29, 0.717) is 5.92 Å². The first-order valence-electron chi connectivity index (χ1n) is 16.6. The third-order valence-corrected chi connectivity index (χ3v) is 12.8. The summed E-state index contributed by atoms with van der Waals surface area (Å²) in [6.07, 6.45) is 3.27. The summed E-state index contributed by atoms with van der Waals surface area (Å²) >= 11 is -1.86. The van der Waals surface area contributed by atoms with Gasteiger partial charge in [-0.05, 0) is 45.9 Å². The predicted molar refractivity (Wildman–Crippen MR) is 199 cm³/mol. The van der Waals surface area contributed by atoms with E-state index >= 15 is 0 Å². The van der Waals surface area contributed by atoms with Crippen molar-refractivity contribution in [2.75, 3.05) is 0 Å². The average Bonchev–Trinajstić information content (AvgIpc) is 3.60. The van der Waals surface area contributed by atoms with E-state index in [1.165, 1.54) is 5.56 Å². The number of pyridine rings is 2. The molecule has 0 aliphatic heterocycles. The number of rotatable bonds is 6. The number of imidazole rings is 1. The normalized spacial score (nSPS) is 11.7. The molecule has 4 heterocycles. The number of nitrogens with zero attached hydrogens (tertiary/aromatic N) is 4. The van der Waals surface area contributed by atoms with E-state index in [4.69, 9.17) is 14.4 Å². The Kier molecular flexibility index (Phi) is 10.8. The van der Waals surface area contributed by atoms with Crippen LogP contribution in [0.1, 0.15) is 50.7 Å². The van der Waals surface area contributed by atoms with Crippen molar-refractivity contribution < 1.29 is 24.5 Å². The van der Waals surface area contributed by atoms with Gasteiger partial charge in [0, 0.05) is 37.2 Å². The summed E-state index contributed by atoms with van der Waals surface area (Å²) in [5.41, 5.74) is 10.2. The molecule has 0 fully saturated rings. The molecule has 7 aromatic rings. The second kappa shape index (κ2) is 14.5. The molecule has 0 bridgehead atoms. The van der Waals surface area contributed by atoms with Gasteiger partial charge in [-0.25, -0.2) is 0 Å². The van der Waals surface area contributed by atoms with Crippen LogP contribution in [-0.2, 0) is 26.5 Å². The summed E-state index contributed by atoms with van der Waals surface area (Å²) in [6, 6.07) is 31.6. The molecule has 7 rings (SSSR count). The maximum Gasteiger partial charge on any atom is 0.142 e. The molecule has 0 aliphatic carbocycles. The first kappa shape index (κ1) is 35.7. The molecule has 48 heavy (non-hydrogen) atoms. The van der Waals surface area contributed by atoms with Gasteiger partial charge in [0.2, 0.25) is 0 Å². The quantitative estimate of drug-likeness (QED) is 0.123. The van der Waals surface area contributed by atoms with Crippen molar-refractivity contribution in [2.45, 2.75) is 71.3 Å². The van der Waals surface area contributed by atoms with Crippen LogP contribution in [0.5, 0.6) is 0 Å². The van der Waals surface area contributed by atoms with Crippen LogP contribution < -0.4 is 4.40 Å². The Labute approximate surface area is 300 Å². The first-order chi connectivity index (χ1) is 22.4. The van der Waals surface area contributed by atoms with E-state index in [9.17, 15) is 0 Å². The molecular weight excluding hydrogens is 829 g/mol. The number of aryl methyl sites for hydroxylation is 2. The summed E-state index contributed by atoms with van der Waals surface area (Å²) in [7, 11) is 0. The van der Waals surface area contributed by atoms with Crippen LogP contribution in [0.4, 0.5) is 0 Å². The van der Waals surface area contributed by atoms with E-state index in [-0.39, 0.29) is 26.1 Å². The average molecular weight is 874 g/mol. The Morgan fingerprint density at radius 2 is 1.58 bits per heavy atom. The van der Waals surface area contributed by atoms with Gasteiger partial charge in [0.1, 0.15) is 5.58 Å². The number of furan rings is 1. The second-order valence-electron chi connectivity index (χ2n) is 14.2. The van der Waals surface area contributed by atoms with Crippen molar-refractivity contribution in [3.63, 3.8) is 0 Å². The van der Waals surface area contributed by atoms with Crippen molar-refractivity contribution in [3.8, 4) is 22.6 Å². The minimum Gasteiger partial charge on any atom is -0.499 e. The Morgan fingerprint density at radius 1 is 0.833 bits per heavy atom. The number of aromatic nitrogens is 4. The fourth-order valence-corrected chi connectivity index (χ4v) is 9.78. The van der Waals surface area contributed by atoms with Crippen molar-refractivity contribution in [3.05, 3.63) is 108 Å². The smallest absolute Gasteiger partial charge is 0.142 e. The number of benzene rings is 3. The largest absolute Gasteiger partial charge is 0.499 e. The zero-order valence-electron chi connectivity index (χ0n) is 29.4. The fraction of sp³-hybridized carbons (Fsp3) is 0.293. The number of hydrogen-bond acceptors (Lipinski definition) is 4. The van der Waals surface area contributed by atoms with E-state index in [1.54, 1.807) is 4.40 Å². The van der Waals surface area contributed by atoms with Gasteiger partial charge in [0.15, 0.2) is 0 Å². The van der Waals surface area contributed by atoms with Crippen LogP contribution in [-0.4, -0.2) is 32.8 Å². The van der Waals surface area contributed by atoms with E-state index < -0.39 is 13.3 Å². The van der Waals surface area contributed by atoms with Crippen LogP contribution in [0.3, 0.4) is 0 Å². The van der Waals surface area contributed by atoms with Gasteiger partial charge in [-0.3, -0.25) is 9.97 Å². The molecule has 0 unspecified atom stereocenters. The molecule has 0 N–H and O–H groups in total. The van der Waals surface area contributed by atoms with Gasteiger partial charge in [0.05, 0.1) is 28.1 Å². The molecule has 0 saturated heterocycles. The van der Waals surface area contributed by atoms with Crippen molar-refractivity contribution in [2.24, 2.45) is 5.92 Å². The van der Waals surface area contributed by atoms with Gasteiger partial charge in [-0.1, -0.05) is 23.1 Å². The zero-order chi connectivity index (χ0) is 33.5. The van der Waals surface area contributed by atoms with Crippen LogP contribution in [0.25, 0.3) is 55.6 Å². The van der Waals surface area contributed by atoms with Crippen molar-refractivity contribution in [1.29, 1.82) is 0 Å². The molecule has 0 atom stereocenters. The van der Waals surface area contributed by atoms with Crippen LogP contribution in [0.2, 0.25) is 17.3 Å². The van der Waals surface area contributed by atoms with E-state index in [2.05, 4.69) is 109 Å². The standard InChI is InChI=1S/C23H20N3O.C18H24GeN.Ir/c1-13(2)26-20-11-6-5-10-19(20)25-23(26)17-9-7-8-16-18-12-14(3)24-15(4)21(18)27-22(16)17;1-14(2)11-16-12-18(15-9-7-6-8-10-15)20-13-17(16)19(3,4)5;/h5-8,10-13H,1-4H3;6-9,12-14H,11H2,1-5H3;/q2*-1;. The maximum absolute atomic E-state index is 6.31. The molecule has 0 saturated carbocycles. The van der Waals surface area contributed by atoms with Gasteiger partial charge in [-0.15, -0.1) is 18.2 Å². The van der Waals surface area contributed by atoms with Gasteiger partial charge in [0.25, 0.3) is 0 Å². The Morgan fingerprint density at radius 3 is 2.27 bits per heavy atom. The molecule has 3 aromatic carbocycles. The van der Waals surface area contributed by atoms with E-state index in [0.717, 1.165) is 73.4 Å². The number of hydrogen-bond donors (Lipinski definition) is 0. The van der Waals surface area contributed by atoms with Crippen molar-refractivity contribution >= 4 is 50.6 Å². The van der Waals surface area contributed by atoms with Gasteiger partial charge < -0.3 is 8.98 Å². The minimum atomic E-state index is -1.86. The molecule has 4 aromatic heterocycles. The second-order valence-corrected chi connectivity index (χ2v) is 24.7. The van der Waals surface area contributed by atoms with E-state index in [1.807, 2.05) is 50.2 Å². The summed E-state index contributed by atoms with van der Waals surface area (Å²) in [6.45, 7) is 12.9. The zero-order valence-corrected chi connectivity index (χ0v) is 33.9. The van der Waals surface area contributed by atoms with Crippen LogP contribution in [0, 0.1) is 31.9 Å². The Hall–Kier alpha value is -3.58. The Bertz CT molecular complexity index is 2190. The third kappa shape index (κ3) is 7.22. The number of para-hydroxylation sites is 2. The first-order valence-corrected chi connectivity index (χ1v) is 23.9. The SMILES string of the molecule is CC(C)Cc1cc(-c2[c-]cccc2)nc[c]1[Ge]([CH3])([CH3])[CH3].Cc1cc2c(oc3c(-c4nc5ccccc5n4C(C)C)[c-]ccc32)c(C)n1.[Ir].